The molecule has 0 spiro atoms. The Bertz CT molecular complexity index is 878. The van der Waals surface area contributed by atoms with Gasteiger partial charge in [-0.25, -0.2) is 4.39 Å². The Hall–Kier alpha value is -2.21. The fraction of sp³-hybridized carbons (Fsp3) is 0.565. The van der Waals surface area contributed by atoms with Crippen LogP contribution in [0.15, 0.2) is 24.3 Å². The number of aromatic nitrogens is 2. The van der Waals surface area contributed by atoms with E-state index in [1.807, 2.05) is 25.5 Å². The van der Waals surface area contributed by atoms with Crippen LogP contribution in [0.25, 0.3) is 11.1 Å². The molecule has 1 amide bonds. The molecular weight excluding hydrogens is 367 g/mol. The maximum Gasteiger partial charge on any atom is 0.226 e. The van der Waals surface area contributed by atoms with Gasteiger partial charge in [-0.05, 0) is 41.9 Å². The molecule has 1 aromatic heterocycles. The first-order chi connectivity index (χ1) is 13.8. The number of hydrogen-bond acceptors (Lipinski definition) is 3. The molecule has 1 fully saturated rings. The lowest BCUT2D eigenvalue weighted by Gasteiger charge is -2.34. The Balaban J connectivity index is 1.64. The molecule has 29 heavy (non-hydrogen) atoms. The average molecular weight is 399 g/mol. The van der Waals surface area contributed by atoms with Crippen molar-refractivity contribution in [2.24, 2.45) is 11.3 Å². The molecule has 0 atom stereocenters. The first-order valence-electron chi connectivity index (χ1n) is 10.7. The normalized spacial score (nSPS) is 17.7. The molecule has 1 N–H and O–H groups in total. The second-order valence-corrected chi connectivity index (χ2v) is 9.72. The summed E-state index contributed by atoms with van der Waals surface area (Å²) < 4.78 is 15.5. The number of amides is 1. The van der Waals surface area contributed by atoms with Gasteiger partial charge in [0.25, 0.3) is 0 Å². The number of carbonyl (C=O) groups is 1. The van der Waals surface area contributed by atoms with E-state index in [1.54, 1.807) is 12.1 Å². The highest BCUT2D eigenvalue weighted by Crippen LogP contribution is 2.36. The second kappa shape index (κ2) is 7.90. The Morgan fingerprint density at radius 3 is 2.55 bits per heavy atom. The molecule has 156 valence electrons. The van der Waals surface area contributed by atoms with Gasteiger partial charge in [0, 0.05) is 31.6 Å². The molecule has 1 aromatic carbocycles. The zero-order valence-electron chi connectivity index (χ0n) is 17.7. The number of nitrogens with zero attached hydrogens (tertiary/aromatic N) is 3. The van der Waals surface area contributed by atoms with Gasteiger partial charge in [0.15, 0.2) is 5.82 Å². The molecule has 0 unspecified atom stereocenters. The minimum Gasteiger partial charge on any atom is -0.309 e. The van der Waals surface area contributed by atoms with E-state index in [1.165, 1.54) is 31.4 Å². The molecule has 1 aliphatic carbocycles. The highest BCUT2D eigenvalue weighted by molar-refractivity contribution is 5.95. The van der Waals surface area contributed by atoms with E-state index in [9.17, 15) is 9.18 Å². The number of rotatable bonds is 5. The van der Waals surface area contributed by atoms with Crippen LogP contribution in [0.4, 0.5) is 10.2 Å². The van der Waals surface area contributed by atoms with Gasteiger partial charge in [-0.2, -0.15) is 5.10 Å². The van der Waals surface area contributed by atoms with Crippen LogP contribution in [0.3, 0.4) is 0 Å². The maximum atomic E-state index is 13.5. The van der Waals surface area contributed by atoms with Crippen molar-refractivity contribution in [2.45, 2.75) is 59.5 Å². The molecule has 6 heteroatoms. The third-order valence-electron chi connectivity index (χ3n) is 5.88. The first-order valence-corrected chi connectivity index (χ1v) is 10.7. The summed E-state index contributed by atoms with van der Waals surface area (Å²) in [6.07, 6.45) is 4.43. The van der Waals surface area contributed by atoms with Crippen LogP contribution in [0.1, 0.15) is 52.1 Å². The highest BCUT2D eigenvalue weighted by Gasteiger charge is 2.29. The highest BCUT2D eigenvalue weighted by atomic mass is 19.1. The lowest BCUT2D eigenvalue weighted by atomic mass is 9.85. The van der Waals surface area contributed by atoms with Crippen LogP contribution in [0, 0.1) is 17.2 Å². The molecule has 1 aliphatic heterocycles. The van der Waals surface area contributed by atoms with E-state index in [2.05, 4.69) is 10.2 Å². The lowest BCUT2D eigenvalue weighted by molar-refractivity contribution is -0.117. The van der Waals surface area contributed by atoms with Crippen molar-refractivity contribution >= 4 is 11.7 Å². The quantitative estimate of drug-likeness (QED) is 0.796. The lowest BCUT2D eigenvalue weighted by Crippen LogP contribution is -2.38. The fourth-order valence-electron chi connectivity index (χ4n) is 4.23. The van der Waals surface area contributed by atoms with Crippen LogP contribution in [-0.4, -0.2) is 33.7 Å². The smallest absolute Gasteiger partial charge is 0.226 e. The molecule has 4 rings (SSSR count). The summed E-state index contributed by atoms with van der Waals surface area (Å²) in [4.78, 5) is 15.1. The summed E-state index contributed by atoms with van der Waals surface area (Å²) in [5, 5.41) is 7.76. The van der Waals surface area contributed by atoms with E-state index in [0.29, 0.717) is 12.2 Å². The molecular formula is C23H31FN4O. The molecule has 2 aromatic rings. The van der Waals surface area contributed by atoms with Gasteiger partial charge in [-0.3, -0.25) is 14.4 Å². The number of hydrogen-bond donors (Lipinski definition) is 1. The van der Waals surface area contributed by atoms with E-state index < -0.39 is 0 Å². The number of carbonyl (C=O) groups excluding carboxylic acids is 1. The van der Waals surface area contributed by atoms with E-state index in [-0.39, 0.29) is 17.1 Å². The predicted octanol–water partition coefficient (Wildman–Crippen LogP) is 4.68. The van der Waals surface area contributed by atoms with Crippen LogP contribution in [0.5, 0.6) is 0 Å². The largest absolute Gasteiger partial charge is 0.309 e. The predicted molar refractivity (Wildman–Crippen MR) is 113 cm³/mol. The van der Waals surface area contributed by atoms with Crippen molar-refractivity contribution in [3.8, 4) is 11.1 Å². The number of anilines is 1. The summed E-state index contributed by atoms with van der Waals surface area (Å²) in [5.41, 5.74) is 2.82. The van der Waals surface area contributed by atoms with Gasteiger partial charge < -0.3 is 5.32 Å². The first kappa shape index (κ1) is 20.1. The Kier molecular flexibility index (Phi) is 5.47. The average Bonchev–Trinajstić information content (AvgIpc) is 2.94. The van der Waals surface area contributed by atoms with Crippen LogP contribution >= 0.6 is 0 Å². The number of nitrogens with one attached hydrogen (secondary N) is 1. The van der Waals surface area contributed by atoms with Crippen molar-refractivity contribution in [1.82, 2.24) is 14.7 Å². The van der Waals surface area contributed by atoms with Gasteiger partial charge in [-0.15, -0.1) is 0 Å². The summed E-state index contributed by atoms with van der Waals surface area (Å²) in [6.45, 7) is 9.86. The Morgan fingerprint density at radius 1 is 1.21 bits per heavy atom. The van der Waals surface area contributed by atoms with Gasteiger partial charge in [0.1, 0.15) is 5.82 Å². The van der Waals surface area contributed by atoms with Crippen molar-refractivity contribution in [2.75, 3.05) is 18.4 Å². The SMILES string of the molecule is CC(C)(C)CC(=O)Nc1nn2c(c1-c1ccc(F)cc1)CN(CC1CCC1)CC2. The zero-order valence-corrected chi connectivity index (χ0v) is 17.7. The maximum absolute atomic E-state index is 13.5. The molecule has 2 aliphatic rings. The minimum absolute atomic E-state index is 0.0392. The van der Waals surface area contributed by atoms with Crippen molar-refractivity contribution in [3.63, 3.8) is 0 Å². The van der Waals surface area contributed by atoms with Crippen LogP contribution < -0.4 is 5.32 Å². The number of fused-ring (bicyclic) bond motifs is 1. The molecule has 1 saturated carbocycles. The fourth-order valence-corrected chi connectivity index (χ4v) is 4.23. The summed E-state index contributed by atoms with van der Waals surface area (Å²) >= 11 is 0. The number of benzene rings is 1. The topological polar surface area (TPSA) is 50.2 Å². The second-order valence-electron chi connectivity index (χ2n) is 9.72. The number of halogens is 1. The van der Waals surface area contributed by atoms with Gasteiger partial charge in [-0.1, -0.05) is 39.3 Å². The van der Waals surface area contributed by atoms with E-state index in [0.717, 1.165) is 48.9 Å². The van der Waals surface area contributed by atoms with Crippen molar-refractivity contribution < 1.29 is 9.18 Å². The van der Waals surface area contributed by atoms with Gasteiger partial charge in [0.05, 0.1) is 12.2 Å². The monoisotopic (exact) mass is 398 g/mol. The molecule has 0 radical (unpaired) electrons. The van der Waals surface area contributed by atoms with Gasteiger partial charge in [0.2, 0.25) is 5.91 Å². The molecule has 2 heterocycles. The summed E-state index contributed by atoms with van der Waals surface area (Å²) in [6, 6.07) is 6.49. The summed E-state index contributed by atoms with van der Waals surface area (Å²) in [5.74, 6) is 1.10. The molecule has 0 bridgehead atoms. The molecule has 0 saturated heterocycles. The van der Waals surface area contributed by atoms with Crippen LogP contribution in [-0.2, 0) is 17.9 Å². The molecule has 5 nitrogen and oxygen atoms in total. The minimum atomic E-state index is -0.264. The van der Waals surface area contributed by atoms with Crippen molar-refractivity contribution in [1.29, 1.82) is 0 Å². The van der Waals surface area contributed by atoms with E-state index in [4.69, 9.17) is 5.10 Å². The van der Waals surface area contributed by atoms with E-state index >= 15 is 0 Å². The van der Waals surface area contributed by atoms with Crippen LogP contribution in [0.2, 0.25) is 0 Å². The zero-order chi connectivity index (χ0) is 20.6. The summed E-state index contributed by atoms with van der Waals surface area (Å²) in [7, 11) is 0. The third kappa shape index (κ3) is 4.69. The Labute approximate surface area is 172 Å². The van der Waals surface area contributed by atoms with Crippen molar-refractivity contribution in [3.05, 3.63) is 35.8 Å². The van der Waals surface area contributed by atoms with Gasteiger partial charge >= 0.3 is 0 Å². The standard InChI is InChI=1S/C23H31FN4O/c1-23(2,3)13-20(29)25-22-21(17-7-9-18(24)10-8-17)19-15-27(11-12-28(19)26-22)14-16-5-4-6-16/h7-10,16H,4-6,11-15H2,1-3H3,(H,25,26,29). The Morgan fingerprint density at radius 2 is 1.93 bits per heavy atom. The third-order valence-corrected chi connectivity index (χ3v) is 5.88.